The van der Waals surface area contributed by atoms with E-state index < -0.39 is 61.9 Å². The van der Waals surface area contributed by atoms with Gasteiger partial charge < -0.3 is 49.7 Å². The molecule has 18 nitrogen and oxygen atoms in total. The van der Waals surface area contributed by atoms with Crippen LogP contribution < -0.4 is 17.0 Å². The molecule has 0 aromatic carbocycles. The number of halogens is 1. The van der Waals surface area contributed by atoms with E-state index in [0.717, 1.165) is 0 Å². The lowest BCUT2D eigenvalue weighted by Crippen LogP contribution is -2.31. The Kier molecular flexibility index (Phi) is 9.93. The van der Waals surface area contributed by atoms with Gasteiger partial charge in [-0.15, -0.1) is 0 Å². The number of anilines is 2. The van der Waals surface area contributed by atoms with Gasteiger partial charge in [-0.05, 0) is 17.9 Å². The van der Waals surface area contributed by atoms with E-state index in [-0.39, 0.29) is 43.6 Å². The second kappa shape index (κ2) is 13.4. The fourth-order valence-electron chi connectivity index (χ4n) is 4.93. The zero-order valence-electron chi connectivity index (χ0n) is 22.2. The first kappa shape index (κ1) is 32.7. The number of nitrogens with one attached hydrogen (secondary N) is 1. The molecule has 2 aliphatic rings. The Bertz CT molecular complexity index is 1760. The van der Waals surface area contributed by atoms with E-state index in [4.69, 9.17) is 46.4 Å². The Morgan fingerprint density at radius 2 is 2.00 bits per heavy atom. The van der Waals surface area contributed by atoms with Gasteiger partial charge >= 0.3 is 6.72 Å². The first-order valence-electron chi connectivity index (χ1n) is 12.6. The minimum absolute atomic E-state index is 0.0130. The molecule has 1 unspecified atom stereocenters. The number of thiol groups is 1. The minimum atomic E-state index is -4.05. The Hall–Kier alpha value is -2.68. The summed E-state index contributed by atoms with van der Waals surface area (Å²) < 4.78 is 49.4. The number of rotatable bonds is 8. The Morgan fingerprint density at radius 1 is 1.25 bits per heavy atom. The van der Waals surface area contributed by atoms with Crippen LogP contribution >= 0.6 is 26.6 Å². The molecule has 4 aromatic heterocycles. The van der Waals surface area contributed by atoms with Gasteiger partial charge in [0.05, 0.1) is 31.0 Å². The SMILES string of the molecule is Nc1nc2c(ncn2[C@@H]2O[C@H](CO)C[C@H]2OP(O)(=S)OC[C@H]2O[C@@H](n3ccc4c(N)ncnc43)[C@@H](F)[C@@H]2O)c(=O)[nH]1.O=PS. The molecule has 2 aliphatic heterocycles. The third-order valence-electron chi connectivity index (χ3n) is 6.85. The smallest absolute Gasteiger partial charge is 0.325 e. The van der Waals surface area contributed by atoms with Crippen molar-refractivity contribution >= 4 is 72.4 Å². The molecule has 8 atom stereocenters. The van der Waals surface area contributed by atoms with Crippen molar-refractivity contribution in [2.24, 2.45) is 0 Å². The second-order valence-electron chi connectivity index (χ2n) is 9.55. The van der Waals surface area contributed by atoms with Gasteiger partial charge in [-0.25, -0.2) is 19.3 Å². The van der Waals surface area contributed by atoms with Crippen molar-refractivity contribution in [3.8, 4) is 0 Å². The van der Waals surface area contributed by atoms with Crippen LogP contribution in [-0.4, -0.2) is 93.0 Å². The van der Waals surface area contributed by atoms with E-state index in [1.54, 1.807) is 6.07 Å². The zero-order chi connectivity index (χ0) is 31.8. The molecular formula is C21H26FN9O9P2S2. The van der Waals surface area contributed by atoms with Crippen molar-refractivity contribution in [1.29, 1.82) is 0 Å². The summed E-state index contributed by atoms with van der Waals surface area (Å²) in [6.45, 7) is -4.94. The van der Waals surface area contributed by atoms with E-state index in [1.165, 1.54) is 28.0 Å². The number of fused-ring (bicyclic) bond motifs is 2. The summed E-state index contributed by atoms with van der Waals surface area (Å²) in [5, 5.41) is 20.7. The largest absolute Gasteiger partial charge is 0.394 e. The highest BCUT2D eigenvalue weighted by atomic mass is 32.7. The molecule has 0 saturated carbocycles. The van der Waals surface area contributed by atoms with Gasteiger partial charge in [0, 0.05) is 12.6 Å². The number of aliphatic hydroxyl groups is 2. The molecule has 0 bridgehead atoms. The van der Waals surface area contributed by atoms with E-state index in [0.29, 0.717) is 11.0 Å². The van der Waals surface area contributed by atoms with Crippen molar-refractivity contribution in [3.63, 3.8) is 0 Å². The normalized spacial score (nSPS) is 28.3. The van der Waals surface area contributed by atoms with E-state index in [2.05, 4.69) is 37.2 Å². The Labute approximate surface area is 258 Å². The number of nitrogens with two attached hydrogens (primary N) is 2. The molecule has 8 N–H and O–H groups in total. The van der Waals surface area contributed by atoms with Crippen molar-refractivity contribution in [2.75, 3.05) is 24.7 Å². The molecule has 44 heavy (non-hydrogen) atoms. The van der Waals surface area contributed by atoms with Crippen LogP contribution in [0, 0.1) is 0 Å². The molecule has 6 rings (SSSR count). The van der Waals surface area contributed by atoms with Crippen molar-refractivity contribution < 1.29 is 42.6 Å². The number of hydrogen-bond acceptors (Lipinski definition) is 15. The van der Waals surface area contributed by atoms with Gasteiger partial charge in [-0.3, -0.25) is 18.9 Å². The lowest BCUT2D eigenvalue weighted by atomic mass is 10.1. The highest BCUT2D eigenvalue weighted by Gasteiger charge is 2.47. The number of aliphatic hydroxyl groups excluding tert-OH is 2. The van der Waals surface area contributed by atoms with E-state index >= 15 is 4.39 Å². The van der Waals surface area contributed by atoms with Crippen molar-refractivity contribution in [2.45, 2.75) is 49.5 Å². The highest BCUT2D eigenvalue weighted by Crippen LogP contribution is 2.50. The molecule has 0 aliphatic carbocycles. The van der Waals surface area contributed by atoms with Crippen LogP contribution in [0.1, 0.15) is 18.9 Å². The monoisotopic (exact) mass is 693 g/mol. The highest BCUT2D eigenvalue weighted by molar-refractivity contribution is 8.33. The maximum atomic E-state index is 15.1. The maximum Gasteiger partial charge on any atom is 0.325 e. The summed E-state index contributed by atoms with van der Waals surface area (Å²) in [4.78, 5) is 41.5. The summed E-state index contributed by atoms with van der Waals surface area (Å²) in [5.41, 5.74) is 11.3. The predicted molar refractivity (Wildman–Crippen MR) is 159 cm³/mol. The number of H-pyrrole nitrogens is 1. The molecule has 23 heteroatoms. The van der Waals surface area contributed by atoms with Crippen LogP contribution in [0.25, 0.3) is 22.2 Å². The lowest BCUT2D eigenvalue weighted by Gasteiger charge is -2.25. The predicted octanol–water partition coefficient (Wildman–Crippen LogP) is 0.347. The molecule has 6 heterocycles. The van der Waals surface area contributed by atoms with Gasteiger partial charge in [0.2, 0.25) is 13.6 Å². The summed E-state index contributed by atoms with van der Waals surface area (Å²) in [6, 6.07) is 1.60. The summed E-state index contributed by atoms with van der Waals surface area (Å²) in [5.74, 6) is 0.0468. The summed E-state index contributed by atoms with van der Waals surface area (Å²) >= 11 is 8.39. The third-order valence-corrected chi connectivity index (χ3v) is 8.44. The molecule has 0 amide bonds. The number of nitrogens with zero attached hydrogens (tertiary/aromatic N) is 6. The molecule has 2 fully saturated rings. The van der Waals surface area contributed by atoms with Crippen molar-refractivity contribution in [3.05, 3.63) is 35.3 Å². The standard InChI is InChI=1S/C21H25FN9O8PS.HOPS/c22-12-14(33)11(38-20(12)30-2-1-9-15(23)25-6-26-16(9)30)5-36-40(35,41)39-10-3-8(4-32)37-19(10)31-7-27-13-17(31)28-21(24)29-18(13)34;1-2-3/h1-2,6-8,10-12,14,19-20,32-33H,3-5H2,(H,35,41)(H2,23,25,26)(H3,24,28,29,34);(H,1,3)/t8-,10+,11+,12-,14+,19+,20+,40?;/m0./s1. The molecule has 238 valence electrons. The number of aromatic amines is 1. The molecule has 0 radical (unpaired) electrons. The quantitative estimate of drug-likeness (QED) is 0.0970. The lowest BCUT2D eigenvalue weighted by molar-refractivity contribution is -0.0551. The number of imidazole rings is 1. The molecule has 2 saturated heterocycles. The van der Waals surface area contributed by atoms with Crippen LogP contribution in [0.3, 0.4) is 0 Å². The first-order chi connectivity index (χ1) is 21.0. The zero-order valence-corrected chi connectivity index (χ0v) is 25.7. The van der Waals surface area contributed by atoms with Crippen LogP contribution in [-0.2, 0) is 34.9 Å². The fourth-order valence-corrected chi connectivity index (χ4v) is 6.38. The number of aromatic nitrogens is 7. The van der Waals surface area contributed by atoms with E-state index in [1.807, 2.05) is 0 Å². The second-order valence-corrected chi connectivity index (χ2v) is 13.0. The van der Waals surface area contributed by atoms with Gasteiger partial charge in [0.1, 0.15) is 36.1 Å². The van der Waals surface area contributed by atoms with Crippen LogP contribution in [0.4, 0.5) is 16.2 Å². The van der Waals surface area contributed by atoms with Crippen LogP contribution in [0.15, 0.2) is 29.7 Å². The number of ether oxygens (including phenoxy) is 2. The topological polar surface area (TPSA) is 261 Å². The Balaban J connectivity index is 0.00000123. The number of alkyl halides is 1. The van der Waals surface area contributed by atoms with Gasteiger partial charge in [-0.2, -0.15) is 4.98 Å². The average Bonchev–Trinajstić information content (AvgIpc) is 3.74. The van der Waals surface area contributed by atoms with Gasteiger partial charge in [-0.1, -0.05) is 12.2 Å². The van der Waals surface area contributed by atoms with E-state index in [9.17, 15) is 19.9 Å². The number of nitrogen functional groups attached to an aromatic ring is 2. The van der Waals surface area contributed by atoms with Crippen molar-refractivity contribution in [1.82, 2.24) is 34.1 Å². The van der Waals surface area contributed by atoms with Gasteiger partial charge in [0.25, 0.3) is 5.56 Å². The first-order valence-corrected chi connectivity index (χ1v) is 17.2. The molecule has 0 spiro atoms. The fraction of sp³-hybridized carbons (Fsp3) is 0.476. The third kappa shape index (κ3) is 6.49. The summed E-state index contributed by atoms with van der Waals surface area (Å²) in [7, 11) is -0.139. The molecule has 4 aromatic rings. The van der Waals surface area contributed by atoms with Gasteiger partial charge in [0.15, 0.2) is 29.8 Å². The Morgan fingerprint density at radius 3 is 2.73 bits per heavy atom. The maximum absolute atomic E-state index is 15.1. The van der Waals surface area contributed by atoms with Crippen LogP contribution in [0.5, 0.6) is 0 Å². The molecular weight excluding hydrogens is 667 g/mol. The minimum Gasteiger partial charge on any atom is -0.394 e. The average molecular weight is 694 g/mol. The number of hydrogen-bond donors (Lipinski definition) is 7. The van der Waals surface area contributed by atoms with Crippen LogP contribution in [0.2, 0.25) is 0 Å². The summed E-state index contributed by atoms with van der Waals surface area (Å²) in [6.07, 6.45) is -4.58.